The van der Waals surface area contributed by atoms with Gasteiger partial charge in [0, 0.05) is 10.4 Å². The Morgan fingerprint density at radius 3 is 2.37 bits per heavy atom. The second-order valence-electron chi connectivity index (χ2n) is 4.25. The zero-order chi connectivity index (χ0) is 12.9. The summed E-state index contributed by atoms with van der Waals surface area (Å²) < 4.78 is 5.95. The van der Waals surface area contributed by atoms with Crippen LogP contribution >= 0.6 is 11.3 Å². The number of rotatable bonds is 4. The second kappa shape index (κ2) is 5.72. The van der Waals surface area contributed by atoms with E-state index in [-0.39, 0.29) is 0 Å². The van der Waals surface area contributed by atoms with Crippen molar-refractivity contribution in [2.24, 2.45) is 0 Å². The normalized spacial score (nSPS) is 10.3. The lowest BCUT2D eigenvalue weighted by Gasteiger charge is -2.10. The lowest BCUT2D eigenvalue weighted by Crippen LogP contribution is -1.96. The first-order valence-corrected chi connectivity index (χ1v) is 7.11. The van der Waals surface area contributed by atoms with Crippen molar-refractivity contribution in [1.29, 1.82) is 0 Å². The van der Waals surface area contributed by atoms with E-state index in [4.69, 9.17) is 4.74 Å². The van der Waals surface area contributed by atoms with Crippen LogP contribution in [0.25, 0.3) is 10.4 Å². The summed E-state index contributed by atoms with van der Waals surface area (Å²) in [4.78, 5) is 1.24. The van der Waals surface area contributed by atoms with E-state index in [1.165, 1.54) is 10.4 Å². The minimum Gasteiger partial charge on any atom is -0.488 e. The van der Waals surface area contributed by atoms with Gasteiger partial charge in [-0.15, -0.1) is 11.3 Å². The maximum absolute atomic E-state index is 5.95. The Bertz CT molecular complexity index is 629. The van der Waals surface area contributed by atoms with Crippen LogP contribution in [0.2, 0.25) is 0 Å². The highest BCUT2D eigenvalue weighted by atomic mass is 32.1. The van der Waals surface area contributed by atoms with Crippen LogP contribution in [0.15, 0.2) is 72.1 Å². The van der Waals surface area contributed by atoms with Crippen molar-refractivity contribution in [3.8, 4) is 16.2 Å². The largest absolute Gasteiger partial charge is 0.488 e. The molecule has 0 unspecified atom stereocenters. The van der Waals surface area contributed by atoms with Crippen LogP contribution in [0.4, 0.5) is 0 Å². The van der Waals surface area contributed by atoms with Crippen molar-refractivity contribution in [2.45, 2.75) is 6.61 Å². The summed E-state index contributed by atoms with van der Waals surface area (Å²) in [5.41, 5.74) is 2.34. The number of benzene rings is 2. The summed E-state index contributed by atoms with van der Waals surface area (Å²) in [6.45, 7) is 0.600. The summed E-state index contributed by atoms with van der Waals surface area (Å²) in [5.74, 6) is 0.939. The predicted molar refractivity (Wildman–Crippen MR) is 80.5 cm³/mol. The van der Waals surface area contributed by atoms with Gasteiger partial charge in [-0.05, 0) is 29.1 Å². The molecule has 0 aliphatic heterocycles. The highest BCUT2D eigenvalue weighted by Gasteiger charge is 2.06. The predicted octanol–water partition coefficient (Wildman–Crippen LogP) is 4.99. The molecule has 2 heteroatoms. The molecule has 0 aliphatic rings. The van der Waals surface area contributed by atoms with Crippen molar-refractivity contribution < 1.29 is 4.74 Å². The van der Waals surface area contributed by atoms with E-state index in [9.17, 15) is 0 Å². The molecule has 0 atom stereocenters. The first-order chi connectivity index (χ1) is 9.43. The summed E-state index contributed by atoms with van der Waals surface area (Å²) in [6.07, 6.45) is 0. The van der Waals surface area contributed by atoms with Gasteiger partial charge in [0.1, 0.15) is 12.4 Å². The average Bonchev–Trinajstić information content (AvgIpc) is 3.01. The molecule has 94 valence electrons. The van der Waals surface area contributed by atoms with E-state index in [0.29, 0.717) is 6.61 Å². The fraction of sp³-hybridized carbons (Fsp3) is 0.0588. The molecule has 0 aliphatic carbocycles. The molecule has 0 N–H and O–H groups in total. The topological polar surface area (TPSA) is 9.23 Å². The highest BCUT2D eigenvalue weighted by Crippen LogP contribution is 2.33. The van der Waals surface area contributed by atoms with Gasteiger partial charge in [0.2, 0.25) is 0 Å². The Morgan fingerprint density at radius 1 is 0.789 bits per heavy atom. The third kappa shape index (κ3) is 2.85. The van der Waals surface area contributed by atoms with E-state index >= 15 is 0 Å². The van der Waals surface area contributed by atoms with Crippen molar-refractivity contribution in [2.75, 3.05) is 0 Å². The number of hydrogen-bond acceptors (Lipinski definition) is 2. The molecule has 3 aromatic rings. The zero-order valence-corrected chi connectivity index (χ0v) is 11.3. The number of ether oxygens (including phenoxy) is 1. The smallest absolute Gasteiger partial charge is 0.128 e. The highest BCUT2D eigenvalue weighted by molar-refractivity contribution is 7.13. The number of hydrogen-bond donors (Lipinski definition) is 0. The molecule has 0 bridgehead atoms. The van der Waals surface area contributed by atoms with Crippen LogP contribution in [-0.2, 0) is 6.61 Å². The third-order valence-corrected chi connectivity index (χ3v) is 3.81. The Balaban J connectivity index is 1.82. The maximum Gasteiger partial charge on any atom is 0.128 e. The lowest BCUT2D eigenvalue weighted by molar-refractivity contribution is 0.307. The molecule has 2 aromatic carbocycles. The quantitative estimate of drug-likeness (QED) is 0.646. The first-order valence-electron chi connectivity index (χ1n) is 6.23. The zero-order valence-electron chi connectivity index (χ0n) is 10.5. The molecule has 0 amide bonds. The SMILES string of the molecule is c1ccc(COc2ccccc2-c2cccs2)cc1. The van der Waals surface area contributed by atoms with E-state index < -0.39 is 0 Å². The van der Waals surface area contributed by atoms with Crippen LogP contribution < -0.4 is 4.74 Å². The first kappa shape index (κ1) is 12.0. The van der Waals surface area contributed by atoms with Crippen LogP contribution in [0, 0.1) is 0 Å². The third-order valence-electron chi connectivity index (χ3n) is 2.91. The van der Waals surface area contributed by atoms with E-state index in [1.807, 2.05) is 36.4 Å². The molecule has 1 heterocycles. The fourth-order valence-electron chi connectivity index (χ4n) is 1.96. The Kier molecular flexibility index (Phi) is 3.61. The molecule has 19 heavy (non-hydrogen) atoms. The molecule has 0 radical (unpaired) electrons. The maximum atomic E-state index is 5.95. The van der Waals surface area contributed by atoms with Crippen LogP contribution in [-0.4, -0.2) is 0 Å². The summed E-state index contributed by atoms with van der Waals surface area (Å²) in [6, 6.07) is 22.6. The van der Waals surface area contributed by atoms with E-state index in [1.54, 1.807) is 11.3 Å². The van der Waals surface area contributed by atoms with Gasteiger partial charge in [-0.3, -0.25) is 0 Å². The Hall–Kier alpha value is -2.06. The van der Waals surface area contributed by atoms with Gasteiger partial charge < -0.3 is 4.74 Å². The van der Waals surface area contributed by atoms with Gasteiger partial charge in [-0.2, -0.15) is 0 Å². The molecule has 3 rings (SSSR count). The van der Waals surface area contributed by atoms with Gasteiger partial charge in [0.25, 0.3) is 0 Å². The monoisotopic (exact) mass is 266 g/mol. The van der Waals surface area contributed by atoms with Gasteiger partial charge in [0.15, 0.2) is 0 Å². The average molecular weight is 266 g/mol. The van der Waals surface area contributed by atoms with Crippen molar-refractivity contribution in [1.82, 2.24) is 0 Å². The van der Waals surface area contributed by atoms with Gasteiger partial charge in [-0.1, -0.05) is 48.5 Å². The number of thiophene rings is 1. The summed E-state index contributed by atoms with van der Waals surface area (Å²) in [5, 5.41) is 2.09. The molecule has 0 spiro atoms. The number of para-hydroxylation sites is 1. The van der Waals surface area contributed by atoms with Crippen molar-refractivity contribution in [3.63, 3.8) is 0 Å². The molecule has 1 aromatic heterocycles. The van der Waals surface area contributed by atoms with Crippen molar-refractivity contribution >= 4 is 11.3 Å². The Labute approximate surface area is 117 Å². The summed E-state index contributed by atoms with van der Waals surface area (Å²) in [7, 11) is 0. The molecule has 0 fully saturated rings. The van der Waals surface area contributed by atoms with Gasteiger partial charge in [0.05, 0.1) is 0 Å². The summed E-state index contributed by atoms with van der Waals surface area (Å²) >= 11 is 1.73. The van der Waals surface area contributed by atoms with E-state index in [0.717, 1.165) is 11.3 Å². The van der Waals surface area contributed by atoms with Crippen LogP contribution in [0.5, 0.6) is 5.75 Å². The minimum absolute atomic E-state index is 0.600. The van der Waals surface area contributed by atoms with E-state index in [2.05, 4.69) is 35.7 Å². The van der Waals surface area contributed by atoms with Crippen LogP contribution in [0.3, 0.4) is 0 Å². The second-order valence-corrected chi connectivity index (χ2v) is 5.20. The molecule has 0 saturated heterocycles. The molecule has 0 saturated carbocycles. The van der Waals surface area contributed by atoms with Gasteiger partial charge in [-0.25, -0.2) is 0 Å². The standard InChI is InChI=1S/C17H14OS/c1-2-7-14(8-3-1)13-18-16-10-5-4-9-15(16)17-11-6-12-19-17/h1-12H,13H2. The lowest BCUT2D eigenvalue weighted by atomic mass is 10.1. The minimum atomic E-state index is 0.600. The molecular weight excluding hydrogens is 252 g/mol. The fourth-order valence-corrected chi connectivity index (χ4v) is 2.72. The molecular formula is C17H14OS. The Morgan fingerprint density at radius 2 is 1.58 bits per heavy atom. The van der Waals surface area contributed by atoms with Crippen molar-refractivity contribution in [3.05, 3.63) is 77.7 Å². The molecule has 1 nitrogen and oxygen atoms in total. The van der Waals surface area contributed by atoms with Gasteiger partial charge >= 0.3 is 0 Å². The van der Waals surface area contributed by atoms with Crippen LogP contribution in [0.1, 0.15) is 5.56 Å².